The van der Waals surface area contributed by atoms with Crippen LogP contribution in [0.25, 0.3) is 0 Å². The third-order valence-electron chi connectivity index (χ3n) is 2.63. The van der Waals surface area contributed by atoms with E-state index in [2.05, 4.69) is 6.92 Å². The minimum atomic E-state index is 0.0922. The first kappa shape index (κ1) is 14.5. The molecule has 0 N–H and O–H groups in total. The zero-order valence-electron chi connectivity index (χ0n) is 10.7. The molecule has 0 fully saturated rings. The average molecular weight is 213 g/mol. The molecule has 0 aliphatic rings. The van der Waals surface area contributed by atoms with Crippen LogP contribution in [-0.2, 0) is 0 Å². The van der Waals surface area contributed by atoms with Crippen LogP contribution >= 0.6 is 0 Å². The van der Waals surface area contributed by atoms with Gasteiger partial charge < -0.3 is 5.21 Å². The fourth-order valence-electron chi connectivity index (χ4n) is 1.53. The Bertz CT molecular complexity index is 164. The number of hydrogen-bond acceptors (Lipinski definition) is 1. The molecule has 90 valence electrons. The molecule has 0 heterocycles. The molecular weight excluding hydrogens is 186 g/mol. The second-order valence-corrected chi connectivity index (χ2v) is 4.55. The molecule has 2 nitrogen and oxygen atoms in total. The molecule has 0 atom stereocenters. The quantitative estimate of drug-likeness (QED) is 0.186. The fourth-order valence-corrected chi connectivity index (χ4v) is 1.53. The van der Waals surface area contributed by atoms with Crippen LogP contribution in [0.5, 0.6) is 0 Å². The average Bonchev–Trinajstić information content (AvgIpc) is 2.21. The minimum absolute atomic E-state index is 0.0922. The monoisotopic (exact) mass is 213 g/mol. The van der Waals surface area contributed by atoms with Gasteiger partial charge in [-0.25, -0.2) is 4.74 Å². The summed E-state index contributed by atoms with van der Waals surface area (Å²) in [7, 11) is 0. The van der Waals surface area contributed by atoms with Crippen molar-refractivity contribution in [2.24, 2.45) is 0 Å². The van der Waals surface area contributed by atoms with Gasteiger partial charge in [-0.3, -0.25) is 0 Å². The Morgan fingerprint density at radius 3 is 2.07 bits per heavy atom. The van der Waals surface area contributed by atoms with Crippen molar-refractivity contribution in [3.8, 4) is 0 Å². The standard InChI is InChI=1S/C13H27NO/c1-4-5-6-7-8-9-10-11-12-14(15)13(2)3/h12-13H,4-11H2,1-3H3. The normalized spacial score (nSPS) is 12.4. The van der Waals surface area contributed by atoms with Crippen molar-refractivity contribution in [1.82, 2.24) is 0 Å². The summed E-state index contributed by atoms with van der Waals surface area (Å²) in [4.78, 5) is 0. The first-order chi connectivity index (χ1) is 7.18. The second kappa shape index (κ2) is 10.0. The molecule has 0 radical (unpaired) electrons. The van der Waals surface area contributed by atoms with Gasteiger partial charge in [0, 0.05) is 6.42 Å². The summed E-state index contributed by atoms with van der Waals surface area (Å²) in [6.07, 6.45) is 11.9. The SMILES string of the molecule is CCCCCCCCCC=[N+]([O-])C(C)C. The molecule has 0 rings (SSSR count). The predicted molar refractivity (Wildman–Crippen MR) is 67.4 cm³/mol. The lowest BCUT2D eigenvalue weighted by atomic mass is 10.1. The van der Waals surface area contributed by atoms with Gasteiger partial charge in [0.15, 0.2) is 12.3 Å². The van der Waals surface area contributed by atoms with Crippen molar-refractivity contribution in [3.05, 3.63) is 5.21 Å². The molecule has 0 unspecified atom stereocenters. The Hall–Kier alpha value is -0.530. The lowest BCUT2D eigenvalue weighted by molar-refractivity contribution is -0.488. The summed E-state index contributed by atoms with van der Waals surface area (Å²) in [6.45, 7) is 6.09. The van der Waals surface area contributed by atoms with Crippen molar-refractivity contribution in [3.63, 3.8) is 0 Å². The summed E-state index contributed by atoms with van der Waals surface area (Å²) in [5, 5.41) is 11.2. The zero-order chi connectivity index (χ0) is 11.5. The largest absolute Gasteiger partial charge is 0.624 e. The maximum absolute atomic E-state index is 11.2. The lowest BCUT2D eigenvalue weighted by Crippen LogP contribution is -2.14. The molecule has 0 aromatic carbocycles. The van der Waals surface area contributed by atoms with E-state index < -0.39 is 0 Å². The molecule has 0 aromatic heterocycles. The number of hydrogen-bond donors (Lipinski definition) is 0. The van der Waals surface area contributed by atoms with Crippen molar-refractivity contribution in [1.29, 1.82) is 0 Å². The van der Waals surface area contributed by atoms with E-state index in [1.54, 1.807) is 6.21 Å². The van der Waals surface area contributed by atoms with Crippen molar-refractivity contribution in [2.45, 2.75) is 78.2 Å². The van der Waals surface area contributed by atoms with E-state index in [0.717, 1.165) is 17.6 Å². The van der Waals surface area contributed by atoms with E-state index >= 15 is 0 Å². The van der Waals surface area contributed by atoms with Crippen molar-refractivity contribution < 1.29 is 4.74 Å². The maximum atomic E-state index is 11.2. The highest BCUT2D eigenvalue weighted by atomic mass is 16.5. The molecule has 0 aliphatic carbocycles. The van der Waals surface area contributed by atoms with E-state index in [-0.39, 0.29) is 6.04 Å². The third kappa shape index (κ3) is 9.77. The Labute approximate surface area is 95.0 Å². The van der Waals surface area contributed by atoms with E-state index in [1.807, 2.05) is 13.8 Å². The first-order valence-corrected chi connectivity index (χ1v) is 6.47. The molecular formula is C13H27NO. The highest BCUT2D eigenvalue weighted by molar-refractivity contribution is 5.51. The summed E-state index contributed by atoms with van der Waals surface area (Å²) >= 11 is 0. The van der Waals surface area contributed by atoms with Crippen LogP contribution in [0.2, 0.25) is 0 Å². The number of hydroxylamine groups is 1. The van der Waals surface area contributed by atoms with Gasteiger partial charge in [-0.1, -0.05) is 45.4 Å². The first-order valence-electron chi connectivity index (χ1n) is 6.47. The van der Waals surface area contributed by atoms with E-state index in [9.17, 15) is 5.21 Å². The molecule has 0 aromatic rings. The molecule has 2 heteroatoms. The van der Waals surface area contributed by atoms with Gasteiger partial charge in [0.2, 0.25) is 0 Å². The van der Waals surface area contributed by atoms with Crippen LogP contribution in [0.15, 0.2) is 0 Å². The smallest absolute Gasteiger partial charge is 0.157 e. The molecule has 15 heavy (non-hydrogen) atoms. The van der Waals surface area contributed by atoms with Gasteiger partial charge in [-0.2, -0.15) is 0 Å². The number of unbranched alkanes of at least 4 members (excludes halogenated alkanes) is 7. The maximum Gasteiger partial charge on any atom is 0.157 e. The molecule has 0 aliphatic heterocycles. The molecule has 0 spiro atoms. The van der Waals surface area contributed by atoms with Gasteiger partial charge >= 0.3 is 0 Å². The van der Waals surface area contributed by atoms with E-state index in [0.29, 0.717) is 0 Å². The molecule has 0 bridgehead atoms. The van der Waals surface area contributed by atoms with Crippen LogP contribution in [0.3, 0.4) is 0 Å². The van der Waals surface area contributed by atoms with Crippen LogP contribution in [0.4, 0.5) is 0 Å². The van der Waals surface area contributed by atoms with Crippen LogP contribution in [-0.4, -0.2) is 17.0 Å². The van der Waals surface area contributed by atoms with E-state index in [4.69, 9.17) is 0 Å². The minimum Gasteiger partial charge on any atom is -0.624 e. The Morgan fingerprint density at radius 1 is 1.00 bits per heavy atom. The summed E-state index contributed by atoms with van der Waals surface area (Å²) < 4.78 is 1.07. The van der Waals surface area contributed by atoms with Crippen LogP contribution in [0, 0.1) is 5.21 Å². The Morgan fingerprint density at radius 2 is 1.53 bits per heavy atom. The molecule has 0 amide bonds. The van der Waals surface area contributed by atoms with Crippen molar-refractivity contribution >= 4 is 6.21 Å². The summed E-state index contributed by atoms with van der Waals surface area (Å²) in [5.74, 6) is 0. The predicted octanol–water partition coefficient (Wildman–Crippen LogP) is 4.12. The zero-order valence-corrected chi connectivity index (χ0v) is 10.7. The fraction of sp³-hybridized carbons (Fsp3) is 0.923. The van der Waals surface area contributed by atoms with E-state index in [1.165, 1.54) is 38.5 Å². The van der Waals surface area contributed by atoms with Gasteiger partial charge in [-0.15, -0.1) is 0 Å². The van der Waals surface area contributed by atoms with Crippen LogP contribution < -0.4 is 0 Å². The van der Waals surface area contributed by atoms with Crippen molar-refractivity contribution in [2.75, 3.05) is 0 Å². The van der Waals surface area contributed by atoms with Gasteiger partial charge in [0.05, 0.1) is 0 Å². The number of nitrogens with zero attached hydrogens (tertiary/aromatic N) is 1. The van der Waals surface area contributed by atoms with Gasteiger partial charge in [0.1, 0.15) is 0 Å². The summed E-state index contributed by atoms with van der Waals surface area (Å²) in [6, 6.07) is 0.0922. The highest BCUT2D eigenvalue weighted by Gasteiger charge is 1.98. The summed E-state index contributed by atoms with van der Waals surface area (Å²) in [5.41, 5.74) is 0. The topological polar surface area (TPSA) is 26.1 Å². The lowest BCUT2D eigenvalue weighted by Gasteiger charge is -2.06. The van der Waals surface area contributed by atoms with Gasteiger partial charge in [0.25, 0.3) is 0 Å². The molecule has 0 saturated heterocycles. The van der Waals surface area contributed by atoms with Crippen LogP contribution in [0.1, 0.15) is 72.1 Å². The third-order valence-corrected chi connectivity index (χ3v) is 2.63. The Balaban J connectivity index is 3.21. The molecule has 0 saturated carbocycles. The Kier molecular flexibility index (Phi) is 9.65. The number of rotatable bonds is 9. The van der Waals surface area contributed by atoms with Gasteiger partial charge in [-0.05, 0) is 20.3 Å². The second-order valence-electron chi connectivity index (χ2n) is 4.55. The highest BCUT2D eigenvalue weighted by Crippen LogP contribution is 2.07.